The molecule has 4 heteroatoms. The SMILES string of the molecule is CCO[Si](C)(C)CCCCC(C)[Si](C)(C)OCC. The molecule has 0 fully saturated rings. The van der Waals surface area contributed by atoms with Crippen LogP contribution in [0.5, 0.6) is 0 Å². The van der Waals surface area contributed by atoms with Crippen LogP contribution in [0.3, 0.4) is 0 Å². The minimum Gasteiger partial charge on any atom is -0.418 e. The Morgan fingerprint density at radius 2 is 1.44 bits per heavy atom. The third kappa shape index (κ3) is 7.72. The Kier molecular flexibility index (Phi) is 8.68. The molecule has 0 aliphatic carbocycles. The minimum atomic E-state index is -1.44. The third-order valence-corrected chi connectivity index (χ3v) is 10.2. The van der Waals surface area contributed by atoms with Gasteiger partial charge in [0, 0.05) is 13.2 Å². The summed E-state index contributed by atoms with van der Waals surface area (Å²) in [7, 11) is -2.79. The predicted octanol–water partition coefficient (Wildman–Crippen LogP) is 5.03. The summed E-state index contributed by atoms with van der Waals surface area (Å²) < 4.78 is 11.8. The predicted molar refractivity (Wildman–Crippen MR) is 86.3 cm³/mol. The van der Waals surface area contributed by atoms with E-state index in [2.05, 4.69) is 47.0 Å². The summed E-state index contributed by atoms with van der Waals surface area (Å²) in [6, 6.07) is 1.30. The normalized spacial score (nSPS) is 14.8. The fourth-order valence-electron chi connectivity index (χ4n) is 2.33. The largest absolute Gasteiger partial charge is 0.418 e. The highest BCUT2D eigenvalue weighted by Gasteiger charge is 2.29. The van der Waals surface area contributed by atoms with Crippen LogP contribution in [0.25, 0.3) is 0 Å². The van der Waals surface area contributed by atoms with Crippen LogP contribution in [-0.2, 0) is 8.85 Å². The van der Waals surface area contributed by atoms with Crippen LogP contribution in [0.4, 0.5) is 0 Å². The molecule has 0 aromatic carbocycles. The van der Waals surface area contributed by atoms with Crippen molar-refractivity contribution in [2.45, 2.75) is 77.8 Å². The van der Waals surface area contributed by atoms with Crippen molar-refractivity contribution < 1.29 is 8.85 Å². The topological polar surface area (TPSA) is 18.5 Å². The van der Waals surface area contributed by atoms with Crippen LogP contribution in [0, 0.1) is 0 Å². The quantitative estimate of drug-likeness (QED) is 0.415. The highest BCUT2D eigenvalue weighted by Crippen LogP contribution is 2.28. The third-order valence-electron chi connectivity index (χ3n) is 3.90. The molecule has 0 aliphatic rings. The maximum atomic E-state index is 5.95. The molecule has 0 heterocycles. The van der Waals surface area contributed by atoms with Gasteiger partial charge in [-0.2, -0.15) is 0 Å². The molecule has 0 saturated carbocycles. The van der Waals surface area contributed by atoms with Gasteiger partial charge in [-0.3, -0.25) is 0 Å². The fourth-order valence-corrected chi connectivity index (χ4v) is 6.28. The molecule has 0 spiro atoms. The van der Waals surface area contributed by atoms with Gasteiger partial charge in [-0.1, -0.05) is 26.2 Å². The molecule has 0 aromatic heterocycles. The molecule has 0 radical (unpaired) electrons. The molecule has 1 unspecified atom stereocenters. The first kappa shape index (κ1) is 18.4. The number of hydrogen-bond donors (Lipinski definition) is 0. The van der Waals surface area contributed by atoms with Gasteiger partial charge in [-0.15, -0.1) is 0 Å². The fraction of sp³-hybridized carbons (Fsp3) is 1.00. The van der Waals surface area contributed by atoms with E-state index in [1.54, 1.807) is 0 Å². The van der Waals surface area contributed by atoms with Crippen molar-refractivity contribution in [3.05, 3.63) is 0 Å². The van der Waals surface area contributed by atoms with Gasteiger partial charge in [-0.05, 0) is 51.6 Å². The van der Waals surface area contributed by atoms with Crippen molar-refractivity contribution in [2.24, 2.45) is 0 Å². The molecule has 0 rings (SSSR count). The van der Waals surface area contributed by atoms with Gasteiger partial charge in [0.15, 0.2) is 16.6 Å². The average Bonchev–Trinajstić information content (AvgIpc) is 2.23. The van der Waals surface area contributed by atoms with Crippen LogP contribution >= 0.6 is 0 Å². The monoisotopic (exact) mass is 290 g/mol. The Morgan fingerprint density at radius 3 is 1.94 bits per heavy atom. The first-order valence-electron chi connectivity index (χ1n) is 7.53. The molecule has 0 saturated heterocycles. The summed E-state index contributed by atoms with van der Waals surface area (Å²) in [5, 5.41) is 0. The molecule has 0 aromatic rings. The number of hydrogen-bond acceptors (Lipinski definition) is 2. The van der Waals surface area contributed by atoms with E-state index in [1.165, 1.54) is 25.3 Å². The Bertz CT molecular complexity index is 218. The van der Waals surface area contributed by atoms with Crippen molar-refractivity contribution >= 4 is 16.6 Å². The summed E-state index contributed by atoms with van der Waals surface area (Å²) in [4.78, 5) is 0. The molecular weight excluding hydrogens is 256 g/mol. The van der Waals surface area contributed by atoms with E-state index in [9.17, 15) is 0 Å². The van der Waals surface area contributed by atoms with Crippen molar-refractivity contribution in [2.75, 3.05) is 13.2 Å². The second-order valence-electron chi connectivity index (χ2n) is 6.38. The zero-order chi connectivity index (χ0) is 14.2. The Morgan fingerprint density at radius 1 is 0.889 bits per heavy atom. The Labute approximate surface area is 117 Å². The lowest BCUT2D eigenvalue weighted by Gasteiger charge is -2.29. The van der Waals surface area contributed by atoms with Gasteiger partial charge in [0.25, 0.3) is 0 Å². The van der Waals surface area contributed by atoms with Gasteiger partial charge in [0.05, 0.1) is 0 Å². The Hall–Kier alpha value is 0.354. The van der Waals surface area contributed by atoms with Gasteiger partial charge in [-0.25, -0.2) is 0 Å². The zero-order valence-electron chi connectivity index (χ0n) is 13.6. The standard InChI is InChI=1S/C14H34O2Si2/c1-8-15-17(4,5)13-11-10-12-14(3)18(6,7)16-9-2/h14H,8-13H2,1-7H3. The highest BCUT2D eigenvalue weighted by atomic mass is 28.4. The lowest BCUT2D eigenvalue weighted by Crippen LogP contribution is -2.35. The van der Waals surface area contributed by atoms with Gasteiger partial charge in [0.1, 0.15) is 0 Å². The van der Waals surface area contributed by atoms with E-state index in [4.69, 9.17) is 8.85 Å². The van der Waals surface area contributed by atoms with Crippen LogP contribution in [0.15, 0.2) is 0 Å². The van der Waals surface area contributed by atoms with E-state index in [-0.39, 0.29) is 0 Å². The smallest absolute Gasteiger partial charge is 0.189 e. The second kappa shape index (κ2) is 8.51. The molecule has 0 aliphatic heterocycles. The first-order valence-corrected chi connectivity index (χ1v) is 13.6. The lowest BCUT2D eigenvalue weighted by molar-refractivity contribution is 0.317. The summed E-state index contributed by atoms with van der Waals surface area (Å²) >= 11 is 0. The van der Waals surface area contributed by atoms with Crippen molar-refractivity contribution in [3.63, 3.8) is 0 Å². The van der Waals surface area contributed by atoms with Crippen LogP contribution in [0.1, 0.15) is 40.0 Å². The summed E-state index contributed by atoms with van der Waals surface area (Å²) in [6.07, 6.45) is 3.96. The van der Waals surface area contributed by atoms with E-state index < -0.39 is 16.6 Å². The van der Waals surface area contributed by atoms with Crippen LogP contribution in [-0.4, -0.2) is 29.8 Å². The molecule has 0 N–H and O–H groups in total. The molecule has 1 atom stereocenters. The molecule has 110 valence electrons. The van der Waals surface area contributed by atoms with E-state index >= 15 is 0 Å². The lowest BCUT2D eigenvalue weighted by atomic mass is 10.2. The maximum absolute atomic E-state index is 5.95. The van der Waals surface area contributed by atoms with Crippen LogP contribution < -0.4 is 0 Å². The summed E-state index contributed by atoms with van der Waals surface area (Å²) in [5.41, 5.74) is 0.759. The molecule has 18 heavy (non-hydrogen) atoms. The van der Waals surface area contributed by atoms with Crippen LogP contribution in [0.2, 0.25) is 37.8 Å². The molecule has 0 bridgehead atoms. The second-order valence-corrected chi connectivity index (χ2v) is 15.2. The number of unbranched alkanes of at least 4 members (excludes halogenated alkanes) is 1. The average molecular weight is 291 g/mol. The molecular formula is C14H34O2Si2. The Balaban J connectivity index is 3.84. The number of rotatable bonds is 10. The van der Waals surface area contributed by atoms with Gasteiger partial charge < -0.3 is 8.85 Å². The molecule has 0 amide bonds. The summed E-state index contributed by atoms with van der Waals surface area (Å²) in [6.45, 7) is 17.7. The van der Waals surface area contributed by atoms with Crippen molar-refractivity contribution in [1.82, 2.24) is 0 Å². The van der Waals surface area contributed by atoms with Crippen molar-refractivity contribution in [1.29, 1.82) is 0 Å². The van der Waals surface area contributed by atoms with Gasteiger partial charge >= 0.3 is 0 Å². The van der Waals surface area contributed by atoms with E-state index in [0.29, 0.717) is 0 Å². The first-order chi connectivity index (χ1) is 8.25. The highest BCUT2D eigenvalue weighted by molar-refractivity contribution is 6.72. The maximum Gasteiger partial charge on any atom is 0.189 e. The molecule has 2 nitrogen and oxygen atoms in total. The summed E-state index contributed by atoms with van der Waals surface area (Å²) in [5.74, 6) is 0. The van der Waals surface area contributed by atoms with Gasteiger partial charge in [0.2, 0.25) is 0 Å². The minimum absolute atomic E-state index is 0.759. The van der Waals surface area contributed by atoms with Crippen molar-refractivity contribution in [3.8, 4) is 0 Å². The van der Waals surface area contributed by atoms with E-state index in [0.717, 1.165) is 18.8 Å². The zero-order valence-corrected chi connectivity index (χ0v) is 15.6. The van der Waals surface area contributed by atoms with E-state index in [1.807, 2.05) is 0 Å².